The average molecular weight is 339 g/mol. The number of hydrogen-bond acceptors (Lipinski definition) is 2. The summed E-state index contributed by atoms with van der Waals surface area (Å²) in [6.07, 6.45) is 5.68. The van der Waals surface area contributed by atoms with Crippen molar-refractivity contribution in [3.63, 3.8) is 0 Å². The van der Waals surface area contributed by atoms with Crippen LogP contribution in [0.3, 0.4) is 0 Å². The lowest BCUT2D eigenvalue weighted by Crippen LogP contribution is -2.30. The van der Waals surface area contributed by atoms with Gasteiger partial charge in [-0.15, -0.1) is 0 Å². The van der Waals surface area contributed by atoms with Crippen molar-refractivity contribution < 1.29 is 8.98 Å². The molecule has 0 aliphatic carbocycles. The molecule has 0 unspecified atom stereocenters. The predicted octanol–water partition coefficient (Wildman–Crippen LogP) is 5.24. The molecule has 0 aliphatic rings. The van der Waals surface area contributed by atoms with E-state index < -0.39 is 0 Å². The number of benzene rings is 3. The molecule has 0 saturated heterocycles. The van der Waals surface area contributed by atoms with Crippen LogP contribution in [0, 0.1) is 13.8 Å². The van der Waals surface area contributed by atoms with E-state index in [2.05, 4.69) is 65.9 Å². The van der Waals surface area contributed by atoms with Crippen LogP contribution in [0.2, 0.25) is 0 Å². The number of fused-ring (bicyclic) bond motifs is 4. The van der Waals surface area contributed by atoms with E-state index in [0.29, 0.717) is 0 Å². The van der Waals surface area contributed by atoms with Gasteiger partial charge in [-0.05, 0) is 53.9 Å². The molecule has 0 amide bonds. The lowest BCUT2D eigenvalue weighted by molar-refractivity contribution is -0.660. The van der Waals surface area contributed by atoms with Crippen LogP contribution in [-0.2, 0) is 7.05 Å². The molecule has 3 nitrogen and oxygen atoms in total. The first-order valence-corrected chi connectivity index (χ1v) is 8.79. The minimum atomic E-state index is 0.927. The second-order valence-corrected chi connectivity index (χ2v) is 6.94. The van der Waals surface area contributed by atoms with Crippen molar-refractivity contribution in [2.45, 2.75) is 13.8 Å². The zero-order valence-corrected chi connectivity index (χ0v) is 15.1. The normalized spacial score (nSPS) is 11.7. The summed E-state index contributed by atoms with van der Waals surface area (Å²) < 4.78 is 8.49. The lowest BCUT2D eigenvalue weighted by Gasteiger charge is -2.08. The maximum Gasteiger partial charge on any atom is 0.234 e. The summed E-state index contributed by atoms with van der Waals surface area (Å²) in [5.41, 5.74) is 6.52. The standard InChI is InChI=1S/C23H19N2O/c1-14-10-19-18-11-16-6-4-5-7-17(16)12-21(18)26-23(19)22(15(14)2)20-13-24-8-9-25(20)3/h4-13H,1-3H3/q+1. The Bertz CT molecular complexity index is 1310. The van der Waals surface area contributed by atoms with Crippen LogP contribution >= 0.6 is 0 Å². The largest absolute Gasteiger partial charge is 0.455 e. The van der Waals surface area contributed by atoms with Crippen molar-refractivity contribution in [1.82, 2.24) is 4.98 Å². The van der Waals surface area contributed by atoms with E-state index >= 15 is 0 Å². The van der Waals surface area contributed by atoms with Gasteiger partial charge in [0.15, 0.2) is 6.20 Å². The third kappa shape index (κ3) is 2.07. The second kappa shape index (κ2) is 5.40. The number of rotatable bonds is 1. The van der Waals surface area contributed by atoms with E-state index in [1.807, 2.05) is 19.4 Å². The maximum absolute atomic E-state index is 6.40. The molecule has 2 aromatic heterocycles. The van der Waals surface area contributed by atoms with Gasteiger partial charge in [0.2, 0.25) is 5.69 Å². The quantitative estimate of drug-likeness (QED) is 0.391. The molecule has 126 valence electrons. The molecule has 0 bridgehead atoms. The Kier molecular flexibility index (Phi) is 3.13. The highest BCUT2D eigenvalue weighted by atomic mass is 16.3. The van der Waals surface area contributed by atoms with Gasteiger partial charge in [0.05, 0.1) is 18.0 Å². The van der Waals surface area contributed by atoms with Crippen LogP contribution in [-0.4, -0.2) is 4.98 Å². The molecule has 26 heavy (non-hydrogen) atoms. The minimum absolute atomic E-state index is 0.927. The Hall–Kier alpha value is -3.20. The summed E-state index contributed by atoms with van der Waals surface area (Å²) in [7, 11) is 2.04. The van der Waals surface area contributed by atoms with Gasteiger partial charge in [-0.1, -0.05) is 24.3 Å². The third-order valence-corrected chi connectivity index (χ3v) is 5.36. The summed E-state index contributed by atoms with van der Waals surface area (Å²) in [6.45, 7) is 4.31. The first kappa shape index (κ1) is 15.1. The number of furan rings is 1. The average Bonchev–Trinajstić information content (AvgIpc) is 2.99. The topological polar surface area (TPSA) is 29.9 Å². The van der Waals surface area contributed by atoms with Crippen molar-refractivity contribution in [2.24, 2.45) is 7.05 Å². The molecule has 5 aromatic rings. The van der Waals surface area contributed by atoms with Crippen LogP contribution in [0.25, 0.3) is 44.0 Å². The summed E-state index contributed by atoms with van der Waals surface area (Å²) >= 11 is 0. The number of aromatic nitrogens is 2. The van der Waals surface area contributed by atoms with E-state index in [-0.39, 0.29) is 0 Å². The van der Waals surface area contributed by atoms with E-state index in [1.165, 1.54) is 21.9 Å². The van der Waals surface area contributed by atoms with Crippen molar-refractivity contribution in [2.75, 3.05) is 0 Å². The van der Waals surface area contributed by atoms with Gasteiger partial charge in [-0.2, -0.15) is 4.57 Å². The van der Waals surface area contributed by atoms with Gasteiger partial charge in [0, 0.05) is 10.8 Å². The Balaban J connectivity index is 1.97. The molecule has 2 heterocycles. The molecule has 3 heteroatoms. The molecule has 3 aromatic carbocycles. The van der Waals surface area contributed by atoms with E-state index in [0.717, 1.165) is 33.2 Å². The fraction of sp³-hybridized carbons (Fsp3) is 0.130. The SMILES string of the molecule is Cc1cc2c(oc3cc4ccccc4cc32)c(-c2cncc[n+]2C)c1C. The zero-order chi connectivity index (χ0) is 17.8. The summed E-state index contributed by atoms with van der Waals surface area (Å²) in [4.78, 5) is 4.34. The number of hydrogen-bond donors (Lipinski definition) is 0. The van der Waals surface area contributed by atoms with Crippen LogP contribution in [0.15, 0.2) is 65.5 Å². The van der Waals surface area contributed by atoms with Crippen LogP contribution in [0.4, 0.5) is 0 Å². The minimum Gasteiger partial charge on any atom is -0.455 e. The first-order chi connectivity index (χ1) is 12.6. The summed E-state index contributed by atoms with van der Waals surface area (Å²) in [5, 5.41) is 4.75. The predicted molar refractivity (Wildman–Crippen MR) is 105 cm³/mol. The Morgan fingerprint density at radius 3 is 2.50 bits per heavy atom. The van der Waals surface area contributed by atoms with Crippen LogP contribution < -0.4 is 4.57 Å². The Morgan fingerprint density at radius 1 is 0.962 bits per heavy atom. The fourth-order valence-corrected chi connectivity index (χ4v) is 3.80. The van der Waals surface area contributed by atoms with Crippen molar-refractivity contribution in [3.05, 3.63) is 72.2 Å². The zero-order valence-electron chi connectivity index (χ0n) is 15.1. The molecule has 5 rings (SSSR count). The van der Waals surface area contributed by atoms with Crippen molar-refractivity contribution in [3.8, 4) is 11.3 Å². The molecule has 0 N–H and O–H groups in total. The van der Waals surface area contributed by atoms with Gasteiger partial charge in [-0.25, -0.2) is 0 Å². The third-order valence-electron chi connectivity index (χ3n) is 5.36. The van der Waals surface area contributed by atoms with E-state index in [1.54, 1.807) is 6.20 Å². The molecule has 0 radical (unpaired) electrons. The van der Waals surface area contributed by atoms with E-state index in [9.17, 15) is 0 Å². The molecule has 0 aliphatic heterocycles. The highest BCUT2D eigenvalue weighted by Gasteiger charge is 2.22. The highest BCUT2D eigenvalue weighted by molar-refractivity contribution is 6.13. The van der Waals surface area contributed by atoms with Crippen LogP contribution in [0.5, 0.6) is 0 Å². The molecule has 0 fully saturated rings. The molecule has 0 atom stereocenters. The monoisotopic (exact) mass is 339 g/mol. The van der Waals surface area contributed by atoms with Gasteiger partial charge >= 0.3 is 0 Å². The summed E-state index contributed by atoms with van der Waals surface area (Å²) in [6, 6.07) is 15.0. The number of nitrogens with zero attached hydrogens (tertiary/aromatic N) is 2. The van der Waals surface area contributed by atoms with Gasteiger partial charge in [-0.3, -0.25) is 4.98 Å². The fourth-order valence-electron chi connectivity index (χ4n) is 3.80. The van der Waals surface area contributed by atoms with E-state index in [4.69, 9.17) is 4.42 Å². The molecular formula is C23H19N2O+. The lowest BCUT2D eigenvalue weighted by atomic mass is 9.96. The van der Waals surface area contributed by atoms with Crippen molar-refractivity contribution in [1.29, 1.82) is 0 Å². The van der Waals surface area contributed by atoms with Gasteiger partial charge < -0.3 is 4.42 Å². The Labute approximate surface area is 151 Å². The molecular weight excluding hydrogens is 320 g/mol. The highest BCUT2D eigenvalue weighted by Crippen LogP contribution is 2.39. The Morgan fingerprint density at radius 2 is 1.73 bits per heavy atom. The second-order valence-electron chi connectivity index (χ2n) is 6.94. The maximum atomic E-state index is 6.40. The molecule has 0 spiro atoms. The van der Waals surface area contributed by atoms with Gasteiger partial charge in [0.1, 0.15) is 18.2 Å². The first-order valence-electron chi connectivity index (χ1n) is 8.79. The number of aryl methyl sites for hydroxylation is 2. The summed E-state index contributed by atoms with van der Waals surface area (Å²) in [5.74, 6) is 0. The van der Waals surface area contributed by atoms with Crippen LogP contribution in [0.1, 0.15) is 11.1 Å². The smallest absolute Gasteiger partial charge is 0.234 e. The van der Waals surface area contributed by atoms with Crippen molar-refractivity contribution >= 4 is 32.7 Å². The van der Waals surface area contributed by atoms with Gasteiger partial charge in [0.25, 0.3) is 0 Å². The molecule has 0 saturated carbocycles.